The Bertz CT molecular complexity index is 361. The number of halogens is 3. The van der Waals surface area contributed by atoms with Gasteiger partial charge in [0.05, 0.1) is 5.56 Å². The van der Waals surface area contributed by atoms with E-state index in [0.717, 1.165) is 37.1 Å². The van der Waals surface area contributed by atoms with Crippen molar-refractivity contribution in [3.05, 3.63) is 35.4 Å². The highest BCUT2D eigenvalue weighted by Crippen LogP contribution is 2.33. The molecule has 0 bridgehead atoms. The first-order chi connectivity index (χ1) is 7.42. The predicted molar refractivity (Wildman–Crippen MR) is 56.0 cm³/mol. The summed E-state index contributed by atoms with van der Waals surface area (Å²) < 4.78 is 37.1. The molecule has 88 valence electrons. The second-order valence-electron chi connectivity index (χ2n) is 4.44. The summed E-state index contributed by atoms with van der Waals surface area (Å²) in [5.41, 5.74) is 0.181. The van der Waals surface area contributed by atoms with E-state index < -0.39 is 11.7 Å². The van der Waals surface area contributed by atoms with Crippen molar-refractivity contribution < 1.29 is 13.2 Å². The van der Waals surface area contributed by atoms with E-state index in [0.29, 0.717) is 0 Å². The summed E-state index contributed by atoms with van der Waals surface area (Å²) in [6, 6.07) is 5.45. The molecule has 1 nitrogen and oxygen atoms in total. The lowest BCUT2D eigenvalue weighted by Crippen LogP contribution is -2.33. The van der Waals surface area contributed by atoms with E-state index in [-0.39, 0.29) is 5.54 Å². The molecule has 1 aliphatic heterocycles. The molecule has 1 N–H and O–H groups in total. The van der Waals surface area contributed by atoms with Crippen molar-refractivity contribution in [2.45, 2.75) is 31.5 Å². The Morgan fingerprint density at radius 3 is 2.25 bits per heavy atom. The molecule has 0 saturated carbocycles. The maximum absolute atomic E-state index is 12.4. The van der Waals surface area contributed by atoms with Crippen molar-refractivity contribution in [3.8, 4) is 0 Å². The highest BCUT2D eigenvalue weighted by molar-refractivity contribution is 5.30. The van der Waals surface area contributed by atoms with Crippen molar-refractivity contribution in [2.24, 2.45) is 0 Å². The smallest absolute Gasteiger partial charge is 0.308 e. The molecule has 1 aromatic rings. The highest BCUT2D eigenvalue weighted by atomic mass is 19.4. The van der Waals surface area contributed by atoms with Gasteiger partial charge in [-0.25, -0.2) is 0 Å². The summed E-state index contributed by atoms with van der Waals surface area (Å²) in [6.45, 7) is 2.96. The molecule has 2 rings (SSSR count). The molecule has 0 aromatic heterocycles. The summed E-state index contributed by atoms with van der Waals surface area (Å²) >= 11 is 0. The van der Waals surface area contributed by atoms with Gasteiger partial charge in [0.25, 0.3) is 0 Å². The molecule has 1 aromatic carbocycles. The lowest BCUT2D eigenvalue weighted by Gasteiger charge is -2.25. The van der Waals surface area contributed by atoms with Crippen molar-refractivity contribution in [1.82, 2.24) is 5.32 Å². The van der Waals surface area contributed by atoms with E-state index in [1.807, 2.05) is 6.92 Å². The van der Waals surface area contributed by atoms with Gasteiger partial charge in [0.15, 0.2) is 0 Å². The summed E-state index contributed by atoms with van der Waals surface area (Å²) in [5.74, 6) is 0. The lowest BCUT2D eigenvalue weighted by atomic mass is 9.90. The van der Waals surface area contributed by atoms with Crippen LogP contribution >= 0.6 is 0 Å². The Hall–Kier alpha value is -1.03. The van der Waals surface area contributed by atoms with E-state index in [1.54, 1.807) is 12.1 Å². The van der Waals surface area contributed by atoms with Crippen LogP contribution in [0.5, 0.6) is 0 Å². The zero-order chi connectivity index (χ0) is 11.8. The highest BCUT2D eigenvalue weighted by Gasteiger charge is 2.33. The molecule has 4 heteroatoms. The zero-order valence-corrected chi connectivity index (χ0v) is 9.06. The minimum atomic E-state index is -4.25. The van der Waals surface area contributed by atoms with E-state index >= 15 is 0 Å². The summed E-state index contributed by atoms with van der Waals surface area (Å²) in [5, 5.41) is 3.33. The Kier molecular flexibility index (Phi) is 2.70. The number of benzene rings is 1. The number of hydrogen-bond donors (Lipinski definition) is 1. The van der Waals surface area contributed by atoms with Crippen molar-refractivity contribution in [1.29, 1.82) is 0 Å². The van der Waals surface area contributed by atoms with Gasteiger partial charge in [-0.3, -0.25) is 0 Å². The second-order valence-corrected chi connectivity index (χ2v) is 4.44. The average Bonchev–Trinajstić information content (AvgIpc) is 2.66. The van der Waals surface area contributed by atoms with Gasteiger partial charge in [0.1, 0.15) is 0 Å². The van der Waals surface area contributed by atoms with Crippen LogP contribution in [-0.4, -0.2) is 6.54 Å². The fourth-order valence-corrected chi connectivity index (χ4v) is 2.17. The van der Waals surface area contributed by atoms with Gasteiger partial charge in [0, 0.05) is 5.54 Å². The maximum atomic E-state index is 12.4. The minimum Gasteiger partial charge on any atom is -0.308 e. The minimum absolute atomic E-state index is 0.163. The first kappa shape index (κ1) is 11.5. The van der Waals surface area contributed by atoms with Crippen LogP contribution in [0.4, 0.5) is 13.2 Å². The second kappa shape index (κ2) is 3.77. The molecule has 1 heterocycles. The zero-order valence-electron chi connectivity index (χ0n) is 9.06. The Balaban J connectivity index is 2.26. The molecule has 0 spiro atoms. The van der Waals surface area contributed by atoms with Crippen molar-refractivity contribution in [2.75, 3.05) is 6.54 Å². The summed E-state index contributed by atoms with van der Waals surface area (Å²) in [6.07, 6.45) is -2.21. The third-order valence-electron chi connectivity index (χ3n) is 3.22. The SMILES string of the molecule is CC1(c2ccc(C(F)(F)F)cc2)CCCN1. The molecule has 1 atom stereocenters. The molecular weight excluding hydrogens is 215 g/mol. The fourth-order valence-electron chi connectivity index (χ4n) is 2.17. The van der Waals surface area contributed by atoms with Crippen LogP contribution in [0.1, 0.15) is 30.9 Å². The number of alkyl halides is 3. The standard InChI is InChI=1S/C12H14F3N/c1-11(7-2-8-16-11)9-3-5-10(6-4-9)12(13,14)15/h3-6,16H,2,7-8H2,1H3. The molecule has 1 unspecified atom stereocenters. The van der Waals surface area contributed by atoms with Crippen LogP contribution < -0.4 is 5.32 Å². The molecular formula is C12H14F3N. The maximum Gasteiger partial charge on any atom is 0.416 e. The van der Waals surface area contributed by atoms with Gasteiger partial charge in [-0.05, 0) is 44.0 Å². The third-order valence-corrected chi connectivity index (χ3v) is 3.22. The van der Waals surface area contributed by atoms with E-state index in [1.165, 1.54) is 0 Å². The van der Waals surface area contributed by atoms with Crippen molar-refractivity contribution in [3.63, 3.8) is 0 Å². The number of hydrogen-bond acceptors (Lipinski definition) is 1. The van der Waals surface area contributed by atoms with Crippen LogP contribution in [0.3, 0.4) is 0 Å². The number of rotatable bonds is 1. The van der Waals surface area contributed by atoms with Gasteiger partial charge in [-0.1, -0.05) is 12.1 Å². The quantitative estimate of drug-likeness (QED) is 0.779. The largest absolute Gasteiger partial charge is 0.416 e. The van der Waals surface area contributed by atoms with E-state index in [9.17, 15) is 13.2 Å². The lowest BCUT2D eigenvalue weighted by molar-refractivity contribution is -0.137. The van der Waals surface area contributed by atoms with Gasteiger partial charge < -0.3 is 5.32 Å². The topological polar surface area (TPSA) is 12.0 Å². The van der Waals surface area contributed by atoms with Crippen LogP contribution in [-0.2, 0) is 11.7 Å². The average molecular weight is 229 g/mol. The third kappa shape index (κ3) is 2.07. The monoisotopic (exact) mass is 229 g/mol. The van der Waals surface area contributed by atoms with Gasteiger partial charge in [-0.15, -0.1) is 0 Å². The Labute approximate surface area is 92.7 Å². The van der Waals surface area contributed by atoms with E-state index in [4.69, 9.17) is 0 Å². The van der Waals surface area contributed by atoms with Crippen LogP contribution in [0.2, 0.25) is 0 Å². The van der Waals surface area contributed by atoms with E-state index in [2.05, 4.69) is 5.32 Å². The van der Waals surface area contributed by atoms with Crippen LogP contribution in [0, 0.1) is 0 Å². The van der Waals surface area contributed by atoms with Crippen LogP contribution in [0.25, 0.3) is 0 Å². The first-order valence-electron chi connectivity index (χ1n) is 5.35. The van der Waals surface area contributed by atoms with Gasteiger partial charge >= 0.3 is 6.18 Å². The molecule has 1 fully saturated rings. The Morgan fingerprint density at radius 1 is 1.19 bits per heavy atom. The molecule has 1 saturated heterocycles. The molecule has 0 radical (unpaired) electrons. The Morgan fingerprint density at radius 2 is 1.81 bits per heavy atom. The van der Waals surface area contributed by atoms with Crippen LogP contribution in [0.15, 0.2) is 24.3 Å². The molecule has 0 amide bonds. The summed E-state index contributed by atoms with van der Waals surface area (Å²) in [7, 11) is 0. The molecule has 1 aliphatic rings. The molecule has 0 aliphatic carbocycles. The number of nitrogens with one attached hydrogen (secondary N) is 1. The normalized spacial score (nSPS) is 26.0. The molecule has 16 heavy (non-hydrogen) atoms. The fraction of sp³-hybridized carbons (Fsp3) is 0.500. The van der Waals surface area contributed by atoms with Crippen molar-refractivity contribution >= 4 is 0 Å². The first-order valence-corrected chi connectivity index (χ1v) is 5.35. The van der Waals surface area contributed by atoms with Gasteiger partial charge in [0.2, 0.25) is 0 Å². The summed E-state index contributed by atoms with van der Waals surface area (Å²) in [4.78, 5) is 0. The predicted octanol–water partition coefficient (Wildman–Crippen LogP) is 3.30. The van der Waals surface area contributed by atoms with Gasteiger partial charge in [-0.2, -0.15) is 13.2 Å².